The number of hydrogen-bond acceptors (Lipinski definition) is 2. The first-order valence-electron chi connectivity index (χ1n) is 6.55. The standard InChI is InChI=1S/C14H20Cl2N2/c1-3-7-18(11-8-17-9-11)10(2)12-5-4-6-13(15)14(12)16/h4-6,10-11,17H,3,7-9H2,1-2H3. The molecule has 100 valence electrons. The van der Waals surface area contributed by atoms with E-state index in [4.69, 9.17) is 23.2 Å². The molecule has 0 bridgehead atoms. The van der Waals surface area contributed by atoms with E-state index in [1.807, 2.05) is 12.1 Å². The molecule has 1 aliphatic rings. The lowest BCUT2D eigenvalue weighted by molar-refractivity contribution is 0.103. The third-order valence-corrected chi connectivity index (χ3v) is 4.47. The predicted octanol–water partition coefficient (Wildman–Crippen LogP) is 3.74. The monoisotopic (exact) mass is 286 g/mol. The van der Waals surface area contributed by atoms with E-state index in [2.05, 4.69) is 30.1 Å². The quantitative estimate of drug-likeness (QED) is 0.887. The fraction of sp³-hybridized carbons (Fsp3) is 0.571. The maximum atomic E-state index is 6.32. The Labute approximate surface area is 119 Å². The Bertz CT molecular complexity index is 405. The molecule has 1 N–H and O–H groups in total. The van der Waals surface area contributed by atoms with Crippen molar-refractivity contribution in [2.24, 2.45) is 0 Å². The summed E-state index contributed by atoms with van der Waals surface area (Å²) in [4.78, 5) is 2.52. The molecule has 1 unspecified atom stereocenters. The smallest absolute Gasteiger partial charge is 0.0640 e. The molecule has 1 atom stereocenters. The van der Waals surface area contributed by atoms with Crippen molar-refractivity contribution < 1.29 is 0 Å². The van der Waals surface area contributed by atoms with Crippen molar-refractivity contribution in [3.63, 3.8) is 0 Å². The zero-order valence-electron chi connectivity index (χ0n) is 10.9. The Morgan fingerprint density at radius 3 is 2.67 bits per heavy atom. The summed E-state index contributed by atoms with van der Waals surface area (Å²) in [5, 5.41) is 4.67. The first-order valence-corrected chi connectivity index (χ1v) is 7.31. The van der Waals surface area contributed by atoms with Crippen LogP contribution in [0.2, 0.25) is 10.0 Å². The van der Waals surface area contributed by atoms with Crippen LogP contribution < -0.4 is 5.32 Å². The second-order valence-corrected chi connectivity index (χ2v) is 5.65. The van der Waals surface area contributed by atoms with Gasteiger partial charge in [0.05, 0.1) is 10.0 Å². The number of nitrogens with one attached hydrogen (secondary N) is 1. The van der Waals surface area contributed by atoms with E-state index in [0.29, 0.717) is 22.1 Å². The molecule has 0 radical (unpaired) electrons. The average Bonchev–Trinajstić information content (AvgIpc) is 2.29. The number of rotatable bonds is 5. The minimum Gasteiger partial charge on any atom is -0.314 e. The molecule has 0 aromatic heterocycles. The first kappa shape index (κ1) is 14.1. The van der Waals surface area contributed by atoms with Crippen molar-refractivity contribution in [1.29, 1.82) is 0 Å². The van der Waals surface area contributed by atoms with Crippen LogP contribution in [0.25, 0.3) is 0 Å². The maximum Gasteiger partial charge on any atom is 0.0640 e. The lowest BCUT2D eigenvalue weighted by Crippen LogP contribution is -2.57. The maximum absolute atomic E-state index is 6.32. The summed E-state index contributed by atoms with van der Waals surface area (Å²) >= 11 is 12.4. The predicted molar refractivity (Wildman–Crippen MR) is 78.5 cm³/mol. The van der Waals surface area contributed by atoms with E-state index < -0.39 is 0 Å². The van der Waals surface area contributed by atoms with Gasteiger partial charge < -0.3 is 5.32 Å². The van der Waals surface area contributed by atoms with Crippen LogP contribution in [0.1, 0.15) is 31.9 Å². The van der Waals surface area contributed by atoms with E-state index in [0.717, 1.165) is 31.6 Å². The Hall–Kier alpha value is -0.280. The third-order valence-electron chi connectivity index (χ3n) is 3.64. The van der Waals surface area contributed by atoms with E-state index in [9.17, 15) is 0 Å². The summed E-state index contributed by atoms with van der Waals surface area (Å²) in [6, 6.07) is 6.82. The van der Waals surface area contributed by atoms with Crippen molar-refractivity contribution >= 4 is 23.2 Å². The highest BCUT2D eigenvalue weighted by molar-refractivity contribution is 6.42. The van der Waals surface area contributed by atoms with Gasteiger partial charge in [-0.1, -0.05) is 42.3 Å². The summed E-state index contributed by atoms with van der Waals surface area (Å²) < 4.78 is 0. The van der Waals surface area contributed by atoms with Crippen LogP contribution in [0.15, 0.2) is 18.2 Å². The lowest BCUT2D eigenvalue weighted by atomic mass is 10.0. The topological polar surface area (TPSA) is 15.3 Å². The van der Waals surface area contributed by atoms with Gasteiger partial charge in [-0.3, -0.25) is 4.90 Å². The zero-order valence-corrected chi connectivity index (χ0v) is 12.4. The number of nitrogens with zero attached hydrogens (tertiary/aromatic N) is 1. The molecule has 1 aromatic rings. The average molecular weight is 287 g/mol. The molecular weight excluding hydrogens is 267 g/mol. The lowest BCUT2D eigenvalue weighted by Gasteiger charge is -2.42. The van der Waals surface area contributed by atoms with Gasteiger partial charge >= 0.3 is 0 Å². The van der Waals surface area contributed by atoms with Crippen molar-refractivity contribution in [3.05, 3.63) is 33.8 Å². The van der Waals surface area contributed by atoms with E-state index >= 15 is 0 Å². The molecule has 1 saturated heterocycles. The first-order chi connectivity index (χ1) is 8.65. The van der Waals surface area contributed by atoms with Crippen LogP contribution in [0.4, 0.5) is 0 Å². The van der Waals surface area contributed by atoms with Gasteiger partial charge in [0.25, 0.3) is 0 Å². The molecular formula is C14H20Cl2N2. The Morgan fingerprint density at radius 1 is 1.39 bits per heavy atom. The molecule has 1 fully saturated rings. The van der Waals surface area contributed by atoms with Gasteiger partial charge in [-0.2, -0.15) is 0 Å². The second kappa shape index (κ2) is 6.25. The molecule has 2 nitrogen and oxygen atoms in total. The normalized spacial score (nSPS) is 17.8. The molecule has 18 heavy (non-hydrogen) atoms. The molecule has 0 saturated carbocycles. The van der Waals surface area contributed by atoms with Gasteiger partial charge in [0, 0.05) is 25.2 Å². The minimum absolute atomic E-state index is 0.309. The molecule has 2 rings (SSSR count). The molecule has 1 aromatic carbocycles. The van der Waals surface area contributed by atoms with Gasteiger partial charge in [0.15, 0.2) is 0 Å². The largest absolute Gasteiger partial charge is 0.314 e. The summed E-state index contributed by atoms with van der Waals surface area (Å²) in [7, 11) is 0. The van der Waals surface area contributed by atoms with Crippen molar-refractivity contribution in [2.75, 3.05) is 19.6 Å². The van der Waals surface area contributed by atoms with Crippen LogP contribution in [0.3, 0.4) is 0 Å². The Kier molecular flexibility index (Phi) is 4.91. The molecule has 1 aliphatic heterocycles. The Morgan fingerprint density at radius 2 is 2.11 bits per heavy atom. The summed E-state index contributed by atoms with van der Waals surface area (Å²) in [6.45, 7) is 7.67. The summed E-state index contributed by atoms with van der Waals surface area (Å²) in [6.07, 6.45) is 1.15. The van der Waals surface area contributed by atoms with Crippen molar-refractivity contribution in [1.82, 2.24) is 10.2 Å². The van der Waals surface area contributed by atoms with Gasteiger partial charge in [-0.05, 0) is 31.5 Å². The van der Waals surface area contributed by atoms with Crippen LogP contribution in [-0.4, -0.2) is 30.6 Å². The number of benzene rings is 1. The Balaban J connectivity index is 2.21. The molecule has 0 aliphatic carbocycles. The fourth-order valence-corrected chi connectivity index (χ4v) is 2.95. The van der Waals surface area contributed by atoms with Gasteiger partial charge in [-0.15, -0.1) is 0 Å². The molecule has 4 heteroatoms. The highest BCUT2D eigenvalue weighted by Crippen LogP contribution is 2.33. The third kappa shape index (κ3) is 2.83. The highest BCUT2D eigenvalue weighted by atomic mass is 35.5. The number of hydrogen-bond donors (Lipinski definition) is 1. The zero-order chi connectivity index (χ0) is 13.1. The van der Waals surface area contributed by atoms with Crippen LogP contribution in [-0.2, 0) is 0 Å². The van der Waals surface area contributed by atoms with Gasteiger partial charge in [-0.25, -0.2) is 0 Å². The minimum atomic E-state index is 0.309. The molecule has 0 amide bonds. The van der Waals surface area contributed by atoms with E-state index in [-0.39, 0.29) is 0 Å². The second-order valence-electron chi connectivity index (χ2n) is 4.87. The van der Waals surface area contributed by atoms with Crippen molar-refractivity contribution in [3.8, 4) is 0 Å². The highest BCUT2D eigenvalue weighted by Gasteiger charge is 2.29. The molecule has 0 spiro atoms. The number of halogens is 2. The van der Waals surface area contributed by atoms with Crippen LogP contribution >= 0.6 is 23.2 Å². The molecule has 1 heterocycles. The fourth-order valence-electron chi connectivity index (χ4n) is 2.48. The van der Waals surface area contributed by atoms with E-state index in [1.165, 1.54) is 0 Å². The van der Waals surface area contributed by atoms with Gasteiger partial charge in [0.1, 0.15) is 0 Å². The van der Waals surface area contributed by atoms with Crippen LogP contribution in [0, 0.1) is 0 Å². The van der Waals surface area contributed by atoms with Crippen molar-refractivity contribution in [2.45, 2.75) is 32.4 Å². The van der Waals surface area contributed by atoms with Gasteiger partial charge in [0.2, 0.25) is 0 Å². The van der Waals surface area contributed by atoms with E-state index in [1.54, 1.807) is 0 Å². The SMILES string of the molecule is CCCN(C1CNC1)C(C)c1cccc(Cl)c1Cl. The van der Waals surface area contributed by atoms with Crippen LogP contribution in [0.5, 0.6) is 0 Å². The summed E-state index contributed by atoms with van der Waals surface area (Å²) in [5.41, 5.74) is 1.13. The summed E-state index contributed by atoms with van der Waals surface area (Å²) in [5.74, 6) is 0.